The van der Waals surface area contributed by atoms with Crippen LogP contribution in [-0.2, 0) is 17.6 Å². The smallest absolute Gasteiger partial charge is 0.228 e. The molecule has 0 bridgehead atoms. The number of fused-ring (bicyclic) bond motifs is 1. The molecule has 1 aromatic carbocycles. The highest BCUT2D eigenvalue weighted by Gasteiger charge is 2.20. The molecule has 3 rings (SSSR count). The van der Waals surface area contributed by atoms with Crippen molar-refractivity contribution < 1.29 is 9.18 Å². The Morgan fingerprint density at radius 2 is 2.21 bits per heavy atom. The summed E-state index contributed by atoms with van der Waals surface area (Å²) in [4.78, 5) is 14.9. The predicted molar refractivity (Wildman–Crippen MR) is 70.8 cm³/mol. The highest BCUT2D eigenvalue weighted by molar-refractivity contribution is 6.31. The van der Waals surface area contributed by atoms with Gasteiger partial charge in [0.15, 0.2) is 0 Å². The van der Waals surface area contributed by atoms with E-state index in [-0.39, 0.29) is 5.91 Å². The van der Waals surface area contributed by atoms with Gasteiger partial charge in [-0.2, -0.15) is 4.39 Å². The van der Waals surface area contributed by atoms with Crippen molar-refractivity contribution in [2.75, 3.05) is 5.32 Å². The van der Waals surface area contributed by atoms with Crippen molar-refractivity contribution in [3.8, 4) is 0 Å². The number of benzene rings is 1. The standard InChI is InChI=1S/C14H10ClFN2O/c15-11-5-10-7-13(19)18-12(10)6-9(11)4-8-2-1-3-17-14(8)16/h1-3,5-6H,4,7H2,(H,18,19). The lowest BCUT2D eigenvalue weighted by atomic mass is 10.0. The molecule has 2 heterocycles. The van der Waals surface area contributed by atoms with Gasteiger partial charge in [-0.25, -0.2) is 4.98 Å². The Hall–Kier alpha value is -1.94. The maximum Gasteiger partial charge on any atom is 0.228 e. The van der Waals surface area contributed by atoms with Crippen LogP contribution in [0.4, 0.5) is 10.1 Å². The van der Waals surface area contributed by atoms with Gasteiger partial charge in [0.25, 0.3) is 0 Å². The fourth-order valence-electron chi connectivity index (χ4n) is 2.18. The lowest BCUT2D eigenvalue weighted by molar-refractivity contribution is -0.115. The first-order chi connectivity index (χ1) is 9.13. The van der Waals surface area contributed by atoms with E-state index >= 15 is 0 Å². The van der Waals surface area contributed by atoms with E-state index in [0.29, 0.717) is 23.4 Å². The van der Waals surface area contributed by atoms with Crippen molar-refractivity contribution in [2.24, 2.45) is 0 Å². The van der Waals surface area contributed by atoms with E-state index in [0.717, 1.165) is 16.8 Å². The number of pyridine rings is 1. The Morgan fingerprint density at radius 3 is 3.00 bits per heavy atom. The third kappa shape index (κ3) is 2.31. The van der Waals surface area contributed by atoms with Crippen molar-refractivity contribution in [2.45, 2.75) is 12.8 Å². The topological polar surface area (TPSA) is 42.0 Å². The molecular weight excluding hydrogens is 267 g/mol. The number of nitrogens with zero attached hydrogens (tertiary/aromatic N) is 1. The van der Waals surface area contributed by atoms with Crippen LogP contribution in [0.1, 0.15) is 16.7 Å². The normalized spacial score (nSPS) is 13.3. The zero-order valence-electron chi connectivity index (χ0n) is 9.91. The average molecular weight is 277 g/mol. The molecule has 2 aromatic rings. The van der Waals surface area contributed by atoms with Crippen molar-refractivity contribution in [3.63, 3.8) is 0 Å². The number of amides is 1. The van der Waals surface area contributed by atoms with Crippen LogP contribution in [-0.4, -0.2) is 10.9 Å². The van der Waals surface area contributed by atoms with E-state index in [1.54, 1.807) is 24.3 Å². The van der Waals surface area contributed by atoms with Crippen LogP contribution in [0.25, 0.3) is 0 Å². The zero-order chi connectivity index (χ0) is 13.4. The summed E-state index contributed by atoms with van der Waals surface area (Å²) in [5.41, 5.74) is 2.89. The Morgan fingerprint density at radius 1 is 1.37 bits per heavy atom. The number of nitrogens with one attached hydrogen (secondary N) is 1. The average Bonchev–Trinajstić information content (AvgIpc) is 2.71. The molecule has 0 saturated heterocycles. The number of rotatable bonds is 2. The van der Waals surface area contributed by atoms with E-state index in [1.165, 1.54) is 6.20 Å². The number of carbonyl (C=O) groups excluding carboxylic acids is 1. The number of hydrogen-bond acceptors (Lipinski definition) is 2. The largest absolute Gasteiger partial charge is 0.326 e. The van der Waals surface area contributed by atoms with Gasteiger partial charge in [-0.1, -0.05) is 17.7 Å². The molecule has 1 aliphatic rings. The van der Waals surface area contributed by atoms with Crippen LogP contribution in [0.5, 0.6) is 0 Å². The first-order valence-corrected chi connectivity index (χ1v) is 6.22. The first-order valence-electron chi connectivity index (χ1n) is 5.84. The zero-order valence-corrected chi connectivity index (χ0v) is 10.7. The Kier molecular flexibility index (Phi) is 2.95. The van der Waals surface area contributed by atoms with Crippen molar-refractivity contribution >= 4 is 23.2 Å². The van der Waals surface area contributed by atoms with Gasteiger partial charge in [0, 0.05) is 28.9 Å². The van der Waals surface area contributed by atoms with Crippen LogP contribution in [0.15, 0.2) is 30.5 Å². The number of anilines is 1. The Labute approximate surface area is 114 Å². The molecule has 1 aliphatic heterocycles. The number of halogens is 2. The second kappa shape index (κ2) is 4.63. The van der Waals surface area contributed by atoms with Crippen molar-refractivity contribution in [3.05, 3.63) is 58.1 Å². The molecule has 1 amide bonds. The van der Waals surface area contributed by atoms with E-state index in [1.807, 2.05) is 0 Å². The van der Waals surface area contributed by atoms with Crippen LogP contribution in [0.3, 0.4) is 0 Å². The van der Waals surface area contributed by atoms with E-state index < -0.39 is 5.95 Å². The molecular formula is C14H10ClFN2O. The third-order valence-electron chi connectivity index (χ3n) is 3.11. The lowest BCUT2D eigenvalue weighted by Gasteiger charge is -2.08. The second-order valence-corrected chi connectivity index (χ2v) is 4.86. The molecule has 3 nitrogen and oxygen atoms in total. The Balaban J connectivity index is 1.97. The third-order valence-corrected chi connectivity index (χ3v) is 3.47. The highest BCUT2D eigenvalue weighted by atomic mass is 35.5. The molecule has 19 heavy (non-hydrogen) atoms. The second-order valence-electron chi connectivity index (χ2n) is 4.46. The highest BCUT2D eigenvalue weighted by Crippen LogP contribution is 2.31. The van der Waals surface area contributed by atoms with Gasteiger partial charge in [-0.05, 0) is 29.3 Å². The molecule has 0 saturated carbocycles. The van der Waals surface area contributed by atoms with E-state index in [2.05, 4.69) is 10.3 Å². The van der Waals surface area contributed by atoms with Gasteiger partial charge in [-0.15, -0.1) is 0 Å². The van der Waals surface area contributed by atoms with Crippen LogP contribution in [0.2, 0.25) is 5.02 Å². The molecule has 1 aromatic heterocycles. The number of aromatic nitrogens is 1. The number of hydrogen-bond donors (Lipinski definition) is 1. The quantitative estimate of drug-likeness (QED) is 0.857. The summed E-state index contributed by atoms with van der Waals surface area (Å²) in [5.74, 6) is -0.543. The molecule has 5 heteroatoms. The van der Waals surface area contributed by atoms with Gasteiger partial charge < -0.3 is 5.32 Å². The van der Waals surface area contributed by atoms with Crippen LogP contribution >= 0.6 is 11.6 Å². The monoisotopic (exact) mass is 276 g/mol. The SMILES string of the molecule is O=C1Cc2cc(Cl)c(Cc3cccnc3F)cc2N1. The molecule has 1 N–H and O–H groups in total. The molecule has 0 aliphatic carbocycles. The number of carbonyl (C=O) groups is 1. The minimum Gasteiger partial charge on any atom is -0.326 e. The summed E-state index contributed by atoms with van der Waals surface area (Å²) < 4.78 is 13.5. The van der Waals surface area contributed by atoms with Gasteiger partial charge in [0.05, 0.1) is 6.42 Å². The summed E-state index contributed by atoms with van der Waals surface area (Å²) in [5, 5.41) is 3.30. The lowest BCUT2D eigenvalue weighted by Crippen LogP contribution is -2.03. The summed E-state index contributed by atoms with van der Waals surface area (Å²) >= 11 is 6.18. The van der Waals surface area contributed by atoms with Crippen LogP contribution in [0, 0.1) is 5.95 Å². The maximum atomic E-state index is 13.5. The molecule has 96 valence electrons. The van der Waals surface area contributed by atoms with Gasteiger partial charge in [0.2, 0.25) is 11.9 Å². The minimum atomic E-state index is -0.497. The molecule has 0 fully saturated rings. The summed E-state index contributed by atoms with van der Waals surface area (Å²) in [6, 6.07) is 6.92. The predicted octanol–water partition coefficient (Wildman–Crippen LogP) is 2.96. The first kappa shape index (κ1) is 12.1. The van der Waals surface area contributed by atoms with E-state index in [4.69, 9.17) is 11.6 Å². The van der Waals surface area contributed by atoms with Gasteiger partial charge >= 0.3 is 0 Å². The summed E-state index contributed by atoms with van der Waals surface area (Å²) in [6.07, 6.45) is 2.10. The fraction of sp³-hybridized carbons (Fsp3) is 0.143. The maximum absolute atomic E-state index is 13.5. The minimum absolute atomic E-state index is 0.0456. The molecule has 0 unspecified atom stereocenters. The van der Waals surface area contributed by atoms with Gasteiger partial charge in [0.1, 0.15) is 0 Å². The molecule has 0 radical (unpaired) electrons. The van der Waals surface area contributed by atoms with Crippen LogP contribution < -0.4 is 5.32 Å². The molecule has 0 spiro atoms. The van der Waals surface area contributed by atoms with Crippen molar-refractivity contribution in [1.29, 1.82) is 0 Å². The summed E-state index contributed by atoms with van der Waals surface area (Å²) in [6.45, 7) is 0. The fourth-order valence-corrected chi connectivity index (χ4v) is 2.43. The summed E-state index contributed by atoms with van der Waals surface area (Å²) in [7, 11) is 0. The molecule has 0 atom stereocenters. The van der Waals surface area contributed by atoms with Crippen molar-refractivity contribution in [1.82, 2.24) is 4.98 Å². The van der Waals surface area contributed by atoms with E-state index in [9.17, 15) is 9.18 Å². The Bertz CT molecular complexity index is 672. The van der Waals surface area contributed by atoms with Gasteiger partial charge in [-0.3, -0.25) is 4.79 Å².